The summed E-state index contributed by atoms with van der Waals surface area (Å²) in [4.78, 5) is 34.2. The summed E-state index contributed by atoms with van der Waals surface area (Å²) in [5, 5.41) is 3.43. The van der Waals surface area contributed by atoms with Crippen LogP contribution in [0.1, 0.15) is 50.5 Å². The Morgan fingerprint density at radius 1 is 1.06 bits per heavy atom. The van der Waals surface area contributed by atoms with E-state index in [-0.39, 0.29) is 29.3 Å². The molecule has 196 valence electrons. The van der Waals surface area contributed by atoms with Gasteiger partial charge in [0.1, 0.15) is 5.82 Å². The predicted molar refractivity (Wildman–Crippen MR) is 127 cm³/mol. The van der Waals surface area contributed by atoms with Gasteiger partial charge in [0, 0.05) is 43.8 Å². The summed E-state index contributed by atoms with van der Waals surface area (Å²) in [6.07, 6.45) is 3.24. The molecule has 5 saturated carbocycles. The lowest BCUT2D eigenvalue weighted by atomic mass is 9.47. The molecule has 1 aromatic rings. The maximum atomic E-state index is 13.6. The minimum Gasteiger partial charge on any atom is -0.369 e. The maximum absolute atomic E-state index is 13.6. The number of alkyl halides is 3. The molecule has 5 aliphatic carbocycles. The Morgan fingerprint density at radius 2 is 1.72 bits per heavy atom. The van der Waals surface area contributed by atoms with Crippen molar-refractivity contribution in [3.8, 4) is 0 Å². The van der Waals surface area contributed by atoms with E-state index in [9.17, 15) is 22.8 Å². The third-order valence-electron chi connectivity index (χ3n) is 9.55. The van der Waals surface area contributed by atoms with Crippen LogP contribution < -0.4 is 16.0 Å². The Bertz CT molecular complexity index is 1000. The number of hydrogen-bond donors (Lipinski definition) is 2. The highest BCUT2D eigenvalue weighted by molar-refractivity contribution is 5.84. The van der Waals surface area contributed by atoms with Crippen LogP contribution in [0.3, 0.4) is 0 Å². The molecule has 3 unspecified atom stereocenters. The van der Waals surface area contributed by atoms with Crippen LogP contribution in [0, 0.1) is 29.1 Å². The number of anilines is 1. The van der Waals surface area contributed by atoms with Gasteiger partial charge in [0.05, 0.1) is 11.6 Å². The summed E-state index contributed by atoms with van der Waals surface area (Å²) in [6, 6.07) is 2.45. The lowest BCUT2D eigenvalue weighted by Gasteiger charge is -2.59. The number of carbonyl (C=O) groups is 2. The SMILES string of the molecule is NC(=O)C12CC3CC(C1)C(NC(=O)C(C1CC1)N1CCN(c4ccc(C(F)(F)F)cn4)CC1)C(C3)C2. The molecule has 7 nitrogen and oxygen atoms in total. The molecule has 7 rings (SSSR count). The number of carbonyl (C=O) groups excluding carboxylic acids is 2. The van der Waals surface area contributed by atoms with Crippen LogP contribution in [0.15, 0.2) is 18.3 Å². The summed E-state index contributed by atoms with van der Waals surface area (Å²) in [5.74, 6) is 2.04. The van der Waals surface area contributed by atoms with E-state index in [0.717, 1.165) is 57.2 Å². The molecule has 0 aromatic carbocycles. The summed E-state index contributed by atoms with van der Waals surface area (Å²) < 4.78 is 38.6. The van der Waals surface area contributed by atoms with E-state index in [2.05, 4.69) is 15.2 Å². The number of nitrogens with two attached hydrogens (primary N) is 1. The summed E-state index contributed by atoms with van der Waals surface area (Å²) >= 11 is 0. The minimum absolute atomic E-state index is 0.101. The zero-order valence-electron chi connectivity index (χ0n) is 20.3. The molecule has 0 radical (unpaired) electrons. The van der Waals surface area contributed by atoms with Crippen LogP contribution >= 0.6 is 0 Å². The topological polar surface area (TPSA) is 91.6 Å². The number of piperazine rings is 1. The van der Waals surface area contributed by atoms with Gasteiger partial charge in [-0.05, 0) is 80.8 Å². The second kappa shape index (κ2) is 8.60. The summed E-state index contributed by atoms with van der Waals surface area (Å²) in [7, 11) is 0. The second-order valence-corrected chi connectivity index (χ2v) is 11.9. The van der Waals surface area contributed by atoms with Crippen LogP contribution in [0.2, 0.25) is 0 Å². The predicted octanol–water partition coefficient (Wildman–Crippen LogP) is 2.80. The van der Waals surface area contributed by atoms with Gasteiger partial charge in [-0.15, -0.1) is 0 Å². The third kappa shape index (κ3) is 4.25. The zero-order chi connectivity index (χ0) is 25.2. The average molecular weight is 506 g/mol. The van der Waals surface area contributed by atoms with E-state index in [1.807, 2.05) is 4.90 Å². The van der Waals surface area contributed by atoms with E-state index in [1.54, 1.807) is 0 Å². The Hall–Kier alpha value is -2.36. The molecule has 1 aromatic heterocycles. The molecule has 6 fully saturated rings. The highest BCUT2D eigenvalue weighted by atomic mass is 19.4. The molecule has 10 heteroatoms. The Balaban J connectivity index is 1.09. The number of amides is 2. The molecule has 4 bridgehead atoms. The molecule has 1 saturated heterocycles. The first-order valence-corrected chi connectivity index (χ1v) is 13.3. The number of aromatic nitrogens is 1. The number of nitrogens with zero attached hydrogens (tertiary/aromatic N) is 3. The van der Waals surface area contributed by atoms with E-state index >= 15 is 0 Å². The van der Waals surface area contributed by atoms with E-state index < -0.39 is 11.7 Å². The fourth-order valence-electron chi connectivity index (χ4n) is 7.87. The lowest BCUT2D eigenvalue weighted by molar-refractivity contribution is -0.148. The average Bonchev–Trinajstić information content (AvgIpc) is 3.66. The van der Waals surface area contributed by atoms with Crippen molar-refractivity contribution in [3.05, 3.63) is 23.9 Å². The maximum Gasteiger partial charge on any atom is 0.417 e. The van der Waals surface area contributed by atoms with Gasteiger partial charge in [0.15, 0.2) is 0 Å². The molecular formula is C26H34F3N5O2. The zero-order valence-corrected chi connectivity index (χ0v) is 20.3. The fourth-order valence-corrected chi connectivity index (χ4v) is 7.87. The van der Waals surface area contributed by atoms with Gasteiger partial charge < -0.3 is 16.0 Å². The van der Waals surface area contributed by atoms with Crippen molar-refractivity contribution in [3.63, 3.8) is 0 Å². The number of halogens is 3. The molecule has 3 N–H and O–H groups in total. The molecule has 6 aliphatic rings. The first-order chi connectivity index (χ1) is 17.1. The van der Waals surface area contributed by atoms with E-state index in [4.69, 9.17) is 5.73 Å². The smallest absolute Gasteiger partial charge is 0.369 e. The van der Waals surface area contributed by atoms with Crippen LogP contribution in [-0.4, -0.2) is 60.0 Å². The summed E-state index contributed by atoms with van der Waals surface area (Å²) in [6.45, 7) is 2.57. The van der Waals surface area contributed by atoms with Gasteiger partial charge >= 0.3 is 6.18 Å². The Kier molecular flexibility index (Phi) is 5.73. The van der Waals surface area contributed by atoms with Crippen molar-refractivity contribution in [2.24, 2.45) is 34.8 Å². The molecular weight excluding hydrogens is 471 g/mol. The molecule has 3 atom stereocenters. The molecule has 0 spiro atoms. The van der Waals surface area contributed by atoms with E-state index in [1.165, 1.54) is 6.07 Å². The third-order valence-corrected chi connectivity index (χ3v) is 9.55. The van der Waals surface area contributed by atoms with Crippen molar-refractivity contribution in [1.29, 1.82) is 0 Å². The Labute approximate surface area is 209 Å². The van der Waals surface area contributed by atoms with Gasteiger partial charge in [-0.1, -0.05) is 0 Å². The van der Waals surface area contributed by atoms with Crippen molar-refractivity contribution in [2.75, 3.05) is 31.1 Å². The van der Waals surface area contributed by atoms with Gasteiger partial charge in [-0.2, -0.15) is 13.2 Å². The minimum atomic E-state index is -4.40. The quantitative estimate of drug-likeness (QED) is 0.621. The Morgan fingerprint density at radius 3 is 2.25 bits per heavy atom. The lowest BCUT2D eigenvalue weighted by Crippen LogP contribution is -2.64. The number of pyridine rings is 1. The number of rotatable bonds is 6. The van der Waals surface area contributed by atoms with Crippen molar-refractivity contribution in [1.82, 2.24) is 15.2 Å². The summed E-state index contributed by atoms with van der Waals surface area (Å²) in [5.41, 5.74) is 4.71. The van der Waals surface area contributed by atoms with Gasteiger partial charge in [-0.25, -0.2) is 4.98 Å². The van der Waals surface area contributed by atoms with Crippen molar-refractivity contribution in [2.45, 2.75) is 63.2 Å². The standard InChI is InChI=1S/C26H34F3N5O2/c27-26(28,29)19-3-4-20(31-14-19)33-5-7-34(8-6-33)22(16-1-2-16)23(35)32-21-17-9-15-10-18(21)13-25(11-15,12-17)24(30)36/h3-4,14-18,21-22H,1-2,5-13H2,(H2,30,36)(H,32,35). The number of nitrogens with one attached hydrogen (secondary N) is 1. The van der Waals surface area contributed by atoms with Crippen LogP contribution in [0.25, 0.3) is 0 Å². The van der Waals surface area contributed by atoms with Crippen LogP contribution in [-0.2, 0) is 15.8 Å². The molecule has 1 aliphatic heterocycles. The normalized spacial score (nSPS) is 35.0. The first kappa shape index (κ1) is 24.0. The van der Waals surface area contributed by atoms with Gasteiger partial charge in [-0.3, -0.25) is 14.5 Å². The molecule has 2 amide bonds. The van der Waals surface area contributed by atoms with Gasteiger partial charge in [0.2, 0.25) is 11.8 Å². The largest absolute Gasteiger partial charge is 0.417 e. The van der Waals surface area contributed by atoms with Crippen molar-refractivity contribution < 1.29 is 22.8 Å². The van der Waals surface area contributed by atoms with Gasteiger partial charge in [0.25, 0.3) is 0 Å². The van der Waals surface area contributed by atoms with Crippen LogP contribution in [0.4, 0.5) is 19.0 Å². The highest BCUT2D eigenvalue weighted by Crippen LogP contribution is 2.60. The second-order valence-electron chi connectivity index (χ2n) is 11.9. The van der Waals surface area contributed by atoms with Crippen molar-refractivity contribution >= 4 is 17.6 Å². The first-order valence-electron chi connectivity index (χ1n) is 13.3. The monoisotopic (exact) mass is 505 g/mol. The van der Waals surface area contributed by atoms with E-state index in [0.29, 0.717) is 55.7 Å². The highest BCUT2D eigenvalue weighted by Gasteiger charge is 2.58. The number of hydrogen-bond acceptors (Lipinski definition) is 5. The fraction of sp³-hybridized carbons (Fsp3) is 0.731. The number of primary amides is 1. The van der Waals surface area contributed by atoms with Crippen LogP contribution in [0.5, 0.6) is 0 Å². The molecule has 2 heterocycles. The molecule has 36 heavy (non-hydrogen) atoms.